The Balaban J connectivity index is 2.44. The highest BCUT2D eigenvalue weighted by molar-refractivity contribution is 7.92. The topological polar surface area (TPSA) is 102 Å². The lowest BCUT2D eigenvalue weighted by Gasteiger charge is -2.29. The molecule has 8 nitrogen and oxygen atoms in total. The van der Waals surface area contributed by atoms with Crippen LogP contribution in [0.5, 0.6) is 5.75 Å². The fourth-order valence-corrected chi connectivity index (χ4v) is 4.26. The van der Waals surface area contributed by atoms with Crippen LogP contribution in [0.1, 0.15) is 28.4 Å². The summed E-state index contributed by atoms with van der Waals surface area (Å²) in [6.07, 6.45) is 1.03. The summed E-state index contributed by atoms with van der Waals surface area (Å²) in [5, 5.41) is 2.71. The number of methoxy groups -OCH3 is 2. The Kier molecular flexibility index (Phi) is 7.09. The van der Waals surface area contributed by atoms with E-state index in [0.29, 0.717) is 22.6 Å². The average molecular weight is 435 g/mol. The molecule has 1 N–H and O–H groups in total. The first-order valence-corrected chi connectivity index (χ1v) is 11.0. The largest absolute Gasteiger partial charge is 0.495 e. The van der Waals surface area contributed by atoms with Crippen LogP contribution in [0.3, 0.4) is 0 Å². The number of carbonyl (C=O) groups is 2. The smallest absolute Gasteiger partial charge is 0.338 e. The summed E-state index contributed by atoms with van der Waals surface area (Å²) in [6.45, 7) is 4.97. The van der Waals surface area contributed by atoms with Gasteiger partial charge < -0.3 is 14.8 Å². The van der Waals surface area contributed by atoms with Crippen LogP contribution in [0.2, 0.25) is 0 Å². The number of nitrogens with zero attached hydrogens (tertiary/aromatic N) is 1. The lowest BCUT2D eigenvalue weighted by atomic mass is 10.1. The predicted molar refractivity (Wildman–Crippen MR) is 116 cm³/mol. The lowest BCUT2D eigenvalue weighted by Crippen LogP contribution is -2.45. The molecule has 0 fully saturated rings. The van der Waals surface area contributed by atoms with Crippen LogP contribution in [-0.4, -0.2) is 46.8 Å². The van der Waals surface area contributed by atoms with Crippen molar-refractivity contribution in [3.8, 4) is 5.75 Å². The van der Waals surface area contributed by atoms with Crippen LogP contribution in [0.15, 0.2) is 36.4 Å². The quantitative estimate of drug-likeness (QED) is 0.673. The summed E-state index contributed by atoms with van der Waals surface area (Å²) in [6, 6.07) is 8.82. The molecule has 0 aliphatic rings. The van der Waals surface area contributed by atoms with Gasteiger partial charge in [-0.05, 0) is 56.2 Å². The van der Waals surface area contributed by atoms with Crippen molar-refractivity contribution in [1.29, 1.82) is 0 Å². The van der Waals surface area contributed by atoms with Gasteiger partial charge in [0.2, 0.25) is 15.9 Å². The molecule has 0 saturated carbocycles. The number of anilines is 2. The Hall–Kier alpha value is -3.07. The Morgan fingerprint density at radius 3 is 2.33 bits per heavy atom. The highest BCUT2D eigenvalue weighted by Gasteiger charge is 2.31. The molecule has 0 saturated heterocycles. The number of amides is 1. The van der Waals surface area contributed by atoms with Gasteiger partial charge in [-0.25, -0.2) is 13.2 Å². The van der Waals surface area contributed by atoms with Crippen molar-refractivity contribution in [3.63, 3.8) is 0 Å². The van der Waals surface area contributed by atoms with Gasteiger partial charge in [-0.15, -0.1) is 0 Å². The number of carbonyl (C=O) groups excluding carboxylic acids is 2. The van der Waals surface area contributed by atoms with Crippen molar-refractivity contribution in [2.45, 2.75) is 26.8 Å². The van der Waals surface area contributed by atoms with Crippen molar-refractivity contribution in [3.05, 3.63) is 53.1 Å². The molecule has 0 aromatic heterocycles. The molecular weight excluding hydrogens is 408 g/mol. The van der Waals surface area contributed by atoms with Gasteiger partial charge in [0.05, 0.1) is 31.7 Å². The van der Waals surface area contributed by atoms with Gasteiger partial charge in [0, 0.05) is 5.69 Å². The van der Waals surface area contributed by atoms with E-state index >= 15 is 0 Å². The van der Waals surface area contributed by atoms with E-state index in [1.165, 1.54) is 21.1 Å². The molecule has 0 aliphatic heterocycles. The molecule has 0 spiro atoms. The summed E-state index contributed by atoms with van der Waals surface area (Å²) < 4.78 is 36.3. The van der Waals surface area contributed by atoms with Crippen LogP contribution in [-0.2, 0) is 19.6 Å². The molecule has 2 rings (SSSR count). The van der Waals surface area contributed by atoms with Crippen LogP contribution < -0.4 is 14.4 Å². The van der Waals surface area contributed by atoms with Gasteiger partial charge in [0.15, 0.2) is 0 Å². The second kappa shape index (κ2) is 9.17. The lowest BCUT2D eigenvalue weighted by molar-refractivity contribution is -0.116. The number of esters is 1. The van der Waals surface area contributed by atoms with Crippen molar-refractivity contribution >= 4 is 33.3 Å². The van der Waals surface area contributed by atoms with E-state index in [0.717, 1.165) is 16.1 Å². The first-order valence-electron chi connectivity index (χ1n) is 9.14. The highest BCUT2D eigenvalue weighted by Crippen LogP contribution is 2.33. The zero-order valence-electron chi connectivity index (χ0n) is 17.8. The van der Waals surface area contributed by atoms with Crippen molar-refractivity contribution < 1.29 is 27.5 Å². The van der Waals surface area contributed by atoms with Gasteiger partial charge >= 0.3 is 5.97 Å². The van der Waals surface area contributed by atoms with Crippen LogP contribution in [0.4, 0.5) is 11.4 Å². The molecule has 162 valence electrons. The van der Waals surface area contributed by atoms with Crippen LogP contribution in [0, 0.1) is 13.8 Å². The van der Waals surface area contributed by atoms with Crippen LogP contribution >= 0.6 is 0 Å². The van der Waals surface area contributed by atoms with E-state index in [1.807, 2.05) is 6.92 Å². The van der Waals surface area contributed by atoms with E-state index in [9.17, 15) is 18.0 Å². The second-order valence-corrected chi connectivity index (χ2v) is 8.73. The molecule has 2 aromatic carbocycles. The number of rotatable bonds is 7. The van der Waals surface area contributed by atoms with Gasteiger partial charge in [-0.1, -0.05) is 12.1 Å². The molecule has 9 heteroatoms. The number of hydrogen-bond donors (Lipinski definition) is 1. The van der Waals surface area contributed by atoms with Gasteiger partial charge in [0.1, 0.15) is 11.8 Å². The average Bonchev–Trinajstić information content (AvgIpc) is 2.68. The van der Waals surface area contributed by atoms with E-state index in [1.54, 1.807) is 43.3 Å². The van der Waals surface area contributed by atoms with Crippen LogP contribution in [0.25, 0.3) is 0 Å². The number of benzene rings is 2. The fraction of sp³-hybridized carbons (Fsp3) is 0.333. The molecule has 30 heavy (non-hydrogen) atoms. The van der Waals surface area contributed by atoms with Crippen molar-refractivity contribution in [2.24, 2.45) is 0 Å². The predicted octanol–water partition coefficient (Wildman–Crippen LogP) is 2.89. The van der Waals surface area contributed by atoms with Crippen molar-refractivity contribution in [2.75, 3.05) is 30.1 Å². The zero-order valence-corrected chi connectivity index (χ0v) is 18.7. The highest BCUT2D eigenvalue weighted by atomic mass is 32.2. The minimum atomic E-state index is -3.82. The van der Waals surface area contributed by atoms with Gasteiger partial charge in [0.25, 0.3) is 0 Å². The van der Waals surface area contributed by atoms with E-state index in [4.69, 9.17) is 9.47 Å². The monoisotopic (exact) mass is 434 g/mol. The molecule has 0 heterocycles. The summed E-state index contributed by atoms with van der Waals surface area (Å²) >= 11 is 0. The maximum atomic E-state index is 13.0. The minimum Gasteiger partial charge on any atom is -0.495 e. The molecule has 0 radical (unpaired) electrons. The Morgan fingerprint density at radius 2 is 1.77 bits per heavy atom. The third-order valence-electron chi connectivity index (χ3n) is 4.66. The number of ether oxygens (including phenoxy) is 2. The Bertz CT molecular complexity index is 1070. The summed E-state index contributed by atoms with van der Waals surface area (Å²) in [4.78, 5) is 24.9. The summed E-state index contributed by atoms with van der Waals surface area (Å²) in [5.74, 6) is -0.762. The van der Waals surface area contributed by atoms with E-state index in [2.05, 4.69) is 5.32 Å². The van der Waals surface area contributed by atoms with Gasteiger partial charge in [-0.2, -0.15) is 0 Å². The van der Waals surface area contributed by atoms with E-state index < -0.39 is 27.9 Å². The maximum absolute atomic E-state index is 13.0. The normalized spacial score (nSPS) is 12.1. The SMILES string of the molecule is COC(=O)c1cccc(NC(=O)[C@H](C)N(c2cc(C)ccc2OC)S(C)(=O)=O)c1C. The summed E-state index contributed by atoms with van der Waals surface area (Å²) in [7, 11) is -1.12. The number of nitrogens with one attached hydrogen (secondary N) is 1. The second-order valence-electron chi connectivity index (χ2n) is 6.87. The van der Waals surface area contributed by atoms with E-state index in [-0.39, 0.29) is 5.69 Å². The molecule has 2 aromatic rings. The first kappa shape index (κ1) is 23.2. The first-order chi connectivity index (χ1) is 14.0. The molecular formula is C21H26N2O6S. The minimum absolute atomic E-state index is 0.266. The number of hydrogen-bond acceptors (Lipinski definition) is 6. The Labute approximate surface area is 176 Å². The Morgan fingerprint density at radius 1 is 1.10 bits per heavy atom. The molecule has 0 aliphatic carbocycles. The molecule has 1 amide bonds. The standard InChI is InChI=1S/C21H26N2O6S/c1-13-10-11-19(28-4)18(12-13)23(30(6,26)27)15(3)20(24)22-17-9-7-8-16(14(17)2)21(25)29-5/h7-12,15H,1-6H3,(H,22,24)/t15-/m0/s1. The zero-order chi connectivity index (χ0) is 22.6. The molecule has 0 bridgehead atoms. The number of aryl methyl sites for hydroxylation is 1. The number of sulfonamides is 1. The fourth-order valence-electron chi connectivity index (χ4n) is 3.09. The third-order valence-corrected chi connectivity index (χ3v) is 5.88. The maximum Gasteiger partial charge on any atom is 0.338 e. The van der Waals surface area contributed by atoms with Crippen molar-refractivity contribution in [1.82, 2.24) is 0 Å². The molecule has 0 unspecified atom stereocenters. The van der Waals surface area contributed by atoms with Gasteiger partial charge in [-0.3, -0.25) is 9.10 Å². The third kappa shape index (κ3) is 4.91. The summed E-state index contributed by atoms with van der Waals surface area (Å²) in [5.41, 5.74) is 2.29. The molecule has 1 atom stereocenters.